The molecule has 0 aliphatic heterocycles. The lowest BCUT2D eigenvalue weighted by Gasteiger charge is -2.20. The van der Waals surface area contributed by atoms with E-state index in [2.05, 4.69) is 35.2 Å². The van der Waals surface area contributed by atoms with E-state index in [0.29, 0.717) is 22.5 Å². The normalized spacial score (nSPS) is 11.9. The molecule has 0 saturated heterocycles. The molecule has 2 heterocycles. The first-order valence-corrected chi connectivity index (χ1v) is 16.2. The molecule has 0 amide bonds. The van der Waals surface area contributed by atoms with Gasteiger partial charge in [-0.05, 0) is 112 Å². The summed E-state index contributed by atoms with van der Waals surface area (Å²) in [7, 11) is 0. The maximum Gasteiger partial charge on any atom is 0.415 e. The second-order valence-corrected chi connectivity index (χ2v) is 13.1. The fraction of sp³-hybridized carbons (Fsp3) is 0.116. The van der Waals surface area contributed by atoms with Crippen molar-refractivity contribution in [1.82, 2.24) is 9.13 Å². The van der Waals surface area contributed by atoms with Gasteiger partial charge in [-0.3, -0.25) is 0 Å². The summed E-state index contributed by atoms with van der Waals surface area (Å²) in [5.74, 6) is 0. The third kappa shape index (κ3) is 4.82. The Bertz CT molecular complexity index is 2700. The lowest BCUT2D eigenvalue weighted by molar-refractivity contribution is -0.137. The Morgan fingerprint density at radius 2 is 1.02 bits per heavy atom. The Morgan fingerprint density at radius 3 is 1.42 bits per heavy atom. The second-order valence-electron chi connectivity index (χ2n) is 13.1. The highest BCUT2D eigenvalue weighted by atomic mass is 19.4. The summed E-state index contributed by atoms with van der Waals surface area (Å²) in [4.78, 5) is 3.43. The number of halogens is 3. The molecule has 0 saturated carbocycles. The topological polar surface area (TPSA) is 38.0 Å². The number of hydrogen-bond acceptors (Lipinski definition) is 1. The number of aromatic nitrogens is 2. The van der Waals surface area contributed by atoms with E-state index >= 15 is 0 Å². The molecule has 0 unspecified atom stereocenters. The Labute approximate surface area is 286 Å². The summed E-state index contributed by atoms with van der Waals surface area (Å²) in [6.07, 6.45) is -4.67. The van der Waals surface area contributed by atoms with Crippen LogP contribution in [0.2, 0.25) is 0 Å². The van der Waals surface area contributed by atoms with Crippen LogP contribution in [0, 0.1) is 45.6 Å². The van der Waals surface area contributed by atoms with Crippen LogP contribution in [-0.2, 0) is 6.18 Å². The van der Waals surface area contributed by atoms with Crippen LogP contribution in [0.15, 0.2) is 103 Å². The van der Waals surface area contributed by atoms with Crippen molar-refractivity contribution in [3.63, 3.8) is 0 Å². The zero-order chi connectivity index (χ0) is 35.1. The molecule has 0 aliphatic rings. The molecular formula is C43H29F3N4. The van der Waals surface area contributed by atoms with Gasteiger partial charge < -0.3 is 9.13 Å². The Hall–Kier alpha value is -6.31. The van der Waals surface area contributed by atoms with Gasteiger partial charge in [-0.1, -0.05) is 46.5 Å². The maximum absolute atomic E-state index is 14.3. The number of fused-ring (bicyclic) bond motifs is 6. The number of benzene rings is 6. The highest BCUT2D eigenvalue weighted by molar-refractivity contribution is 6.11. The van der Waals surface area contributed by atoms with Gasteiger partial charge in [0.25, 0.3) is 0 Å². The second kappa shape index (κ2) is 11.1. The van der Waals surface area contributed by atoms with Crippen LogP contribution in [0.25, 0.3) is 71.0 Å². The summed E-state index contributed by atoms with van der Waals surface area (Å²) in [6.45, 7) is 15.8. The summed E-state index contributed by atoms with van der Waals surface area (Å²) in [5.41, 5.74) is 8.87. The minimum atomic E-state index is -4.67. The molecule has 0 atom stereocenters. The molecule has 2 aromatic heterocycles. The van der Waals surface area contributed by atoms with Gasteiger partial charge >= 0.3 is 6.18 Å². The SMILES string of the molecule is [C-]#[N+]c1cc(-c2cc(-n3c4ccc(C)cc4c4cc(C)ccc43)c(C#N)cc2-n2c3ccc(C)cc3c3cc(C)ccc32)cc(C(F)(F)F)c1. The molecule has 0 fully saturated rings. The van der Waals surface area contributed by atoms with Crippen LogP contribution in [0.1, 0.15) is 33.4 Å². The fourth-order valence-corrected chi connectivity index (χ4v) is 7.28. The van der Waals surface area contributed by atoms with E-state index < -0.39 is 11.7 Å². The largest absolute Gasteiger partial charge is 0.415 e. The van der Waals surface area contributed by atoms with Crippen LogP contribution in [0.3, 0.4) is 0 Å². The van der Waals surface area contributed by atoms with E-state index in [1.165, 1.54) is 6.07 Å². The van der Waals surface area contributed by atoms with Gasteiger partial charge in [0.15, 0.2) is 5.69 Å². The predicted octanol–water partition coefficient (Wildman–Crippen LogP) is 12.2. The molecule has 8 aromatic rings. The van der Waals surface area contributed by atoms with Gasteiger partial charge in [0.1, 0.15) is 6.07 Å². The molecule has 0 radical (unpaired) electrons. The van der Waals surface area contributed by atoms with Crippen molar-refractivity contribution in [2.24, 2.45) is 0 Å². The van der Waals surface area contributed by atoms with E-state index in [0.717, 1.165) is 78.0 Å². The lowest BCUT2D eigenvalue weighted by Crippen LogP contribution is -2.06. The molecule has 8 rings (SSSR count). The van der Waals surface area contributed by atoms with Crippen LogP contribution in [0.5, 0.6) is 0 Å². The molecule has 242 valence electrons. The Kier molecular flexibility index (Phi) is 6.89. The van der Waals surface area contributed by atoms with Gasteiger partial charge in [0, 0.05) is 32.7 Å². The molecular weight excluding hydrogens is 629 g/mol. The molecule has 7 heteroatoms. The zero-order valence-corrected chi connectivity index (χ0v) is 27.7. The lowest BCUT2D eigenvalue weighted by atomic mass is 9.97. The number of nitriles is 1. The van der Waals surface area contributed by atoms with Crippen LogP contribution in [-0.4, -0.2) is 9.13 Å². The van der Waals surface area contributed by atoms with E-state index in [1.807, 2.05) is 91.4 Å². The van der Waals surface area contributed by atoms with Gasteiger partial charge in [0.2, 0.25) is 0 Å². The summed E-state index contributed by atoms with van der Waals surface area (Å²) < 4.78 is 47.1. The molecule has 50 heavy (non-hydrogen) atoms. The Morgan fingerprint density at radius 1 is 0.580 bits per heavy atom. The van der Waals surface area contributed by atoms with Crippen molar-refractivity contribution < 1.29 is 13.2 Å². The van der Waals surface area contributed by atoms with Gasteiger partial charge in [-0.25, -0.2) is 4.85 Å². The molecule has 0 spiro atoms. The van der Waals surface area contributed by atoms with E-state index in [4.69, 9.17) is 6.57 Å². The van der Waals surface area contributed by atoms with E-state index in [9.17, 15) is 18.4 Å². The first-order chi connectivity index (χ1) is 23.9. The van der Waals surface area contributed by atoms with Crippen molar-refractivity contribution in [3.8, 4) is 28.6 Å². The molecule has 0 aliphatic carbocycles. The van der Waals surface area contributed by atoms with Gasteiger partial charge in [-0.2, -0.15) is 18.4 Å². The first kappa shape index (κ1) is 31.0. The quantitative estimate of drug-likeness (QED) is 0.174. The van der Waals surface area contributed by atoms with Crippen molar-refractivity contribution in [3.05, 3.63) is 148 Å². The Balaban J connectivity index is 1.56. The smallest absolute Gasteiger partial charge is 0.309 e. The first-order valence-electron chi connectivity index (χ1n) is 16.2. The molecule has 0 N–H and O–H groups in total. The average molecular weight is 659 g/mol. The maximum atomic E-state index is 14.3. The van der Waals surface area contributed by atoms with Crippen molar-refractivity contribution in [2.75, 3.05) is 0 Å². The zero-order valence-electron chi connectivity index (χ0n) is 27.7. The van der Waals surface area contributed by atoms with Crippen molar-refractivity contribution >= 4 is 49.3 Å². The highest BCUT2D eigenvalue weighted by Gasteiger charge is 2.32. The third-order valence-electron chi connectivity index (χ3n) is 9.55. The van der Waals surface area contributed by atoms with Crippen LogP contribution in [0.4, 0.5) is 18.9 Å². The third-order valence-corrected chi connectivity index (χ3v) is 9.55. The summed E-state index contributed by atoms with van der Waals surface area (Å²) in [5, 5.41) is 14.8. The highest BCUT2D eigenvalue weighted by Crippen LogP contribution is 2.43. The molecule has 0 bridgehead atoms. The number of rotatable bonds is 3. The number of nitrogens with zero attached hydrogens (tertiary/aromatic N) is 4. The van der Waals surface area contributed by atoms with Crippen molar-refractivity contribution in [2.45, 2.75) is 33.9 Å². The minimum absolute atomic E-state index is 0.122. The average Bonchev–Trinajstić information content (AvgIpc) is 3.57. The minimum Gasteiger partial charge on any atom is -0.309 e. The molecule has 6 aromatic carbocycles. The predicted molar refractivity (Wildman–Crippen MR) is 195 cm³/mol. The van der Waals surface area contributed by atoms with Crippen LogP contribution < -0.4 is 0 Å². The van der Waals surface area contributed by atoms with Crippen LogP contribution >= 0.6 is 0 Å². The summed E-state index contributed by atoms with van der Waals surface area (Å²) in [6, 6.07) is 34.1. The standard InChI is InChI=1S/C43H29F3N4/c1-24-6-10-37-33(14-24)34-15-25(2)7-11-38(34)49(37)41-22-32(28-18-30(43(44,45)46)21-31(19-28)48-5)42(20-29(41)23-47)50-39-12-8-26(3)16-35(39)36-17-27(4)9-13-40(36)50/h6-22H,1-4H3. The van der Waals surface area contributed by atoms with E-state index in [1.54, 1.807) is 6.07 Å². The number of hydrogen-bond donors (Lipinski definition) is 0. The number of alkyl halides is 3. The van der Waals surface area contributed by atoms with Crippen molar-refractivity contribution in [1.29, 1.82) is 5.26 Å². The monoisotopic (exact) mass is 658 g/mol. The summed E-state index contributed by atoms with van der Waals surface area (Å²) >= 11 is 0. The molecule has 4 nitrogen and oxygen atoms in total. The fourth-order valence-electron chi connectivity index (χ4n) is 7.28. The van der Waals surface area contributed by atoms with Gasteiger partial charge in [-0.15, -0.1) is 0 Å². The van der Waals surface area contributed by atoms with Gasteiger partial charge in [0.05, 0.1) is 45.6 Å². The van der Waals surface area contributed by atoms with E-state index in [-0.39, 0.29) is 11.3 Å². The number of aryl methyl sites for hydroxylation is 4.